The van der Waals surface area contributed by atoms with E-state index >= 15 is 0 Å². The first kappa shape index (κ1) is 17.6. The molecule has 2 aromatic rings. The lowest BCUT2D eigenvalue weighted by Gasteiger charge is -2.15. The Morgan fingerprint density at radius 1 is 1.27 bits per heavy atom. The number of rotatable bonds is 6. The summed E-state index contributed by atoms with van der Waals surface area (Å²) in [5.41, 5.74) is 8.84. The highest BCUT2D eigenvalue weighted by molar-refractivity contribution is 5.82. The minimum atomic E-state index is -0.699. The van der Waals surface area contributed by atoms with Crippen LogP contribution in [0.15, 0.2) is 36.4 Å². The summed E-state index contributed by atoms with van der Waals surface area (Å²) in [4.78, 5) is 23.5. The summed E-state index contributed by atoms with van der Waals surface area (Å²) >= 11 is 0. The maximum Gasteiger partial charge on any atom is 0.307 e. The fourth-order valence-electron chi connectivity index (χ4n) is 2.56. The summed E-state index contributed by atoms with van der Waals surface area (Å²) in [5.74, 6) is -0.411. The van der Waals surface area contributed by atoms with Crippen LogP contribution in [0.5, 0.6) is 11.5 Å². The van der Waals surface area contributed by atoms with Crippen LogP contribution in [0.3, 0.4) is 0 Å². The summed E-state index contributed by atoms with van der Waals surface area (Å²) < 4.78 is 25.4. The van der Waals surface area contributed by atoms with E-state index in [1.54, 1.807) is 25.3 Å². The number of nitrogens with zero attached hydrogens (tertiary/aromatic N) is 2. The van der Waals surface area contributed by atoms with Crippen molar-refractivity contribution in [3.05, 3.63) is 58.2 Å². The van der Waals surface area contributed by atoms with Crippen molar-refractivity contribution in [2.45, 2.75) is 13.2 Å². The van der Waals surface area contributed by atoms with Gasteiger partial charge in [-0.25, -0.2) is 4.39 Å². The lowest BCUT2D eigenvalue weighted by Crippen LogP contribution is -2.32. The molecule has 3 N–H and O–H groups in total. The zero-order chi connectivity index (χ0) is 18.7. The largest absolute Gasteiger partial charge is 0.497 e. The van der Waals surface area contributed by atoms with Crippen molar-refractivity contribution >= 4 is 11.6 Å². The van der Waals surface area contributed by atoms with Crippen molar-refractivity contribution in [2.24, 2.45) is 5.73 Å². The maximum absolute atomic E-state index is 14.6. The molecule has 8 nitrogen and oxygen atoms in total. The average Bonchev–Trinajstić information content (AvgIpc) is 2.97. The van der Waals surface area contributed by atoms with Crippen molar-refractivity contribution in [1.29, 1.82) is 0 Å². The van der Waals surface area contributed by atoms with Gasteiger partial charge < -0.3 is 15.2 Å². The molecule has 1 aliphatic heterocycles. The van der Waals surface area contributed by atoms with Crippen LogP contribution in [0, 0.1) is 10.7 Å². The molecule has 2 aromatic carbocycles. The Balaban J connectivity index is 1.89. The summed E-state index contributed by atoms with van der Waals surface area (Å²) in [6.07, 6.45) is 0. The van der Waals surface area contributed by atoms with E-state index in [1.807, 2.05) is 17.6 Å². The van der Waals surface area contributed by atoms with E-state index in [0.717, 1.165) is 10.6 Å². The molecular weight excluding hydrogens is 343 g/mol. The van der Waals surface area contributed by atoms with Crippen LogP contribution in [0.2, 0.25) is 0 Å². The fraction of sp³-hybridized carbons (Fsp3) is 0.235. The van der Waals surface area contributed by atoms with E-state index in [-0.39, 0.29) is 36.1 Å². The normalized spacial score (nSPS) is 13.7. The monoisotopic (exact) mass is 361 g/mol. The van der Waals surface area contributed by atoms with Gasteiger partial charge in [0, 0.05) is 6.54 Å². The van der Waals surface area contributed by atoms with Crippen LogP contribution in [0.25, 0.3) is 0 Å². The molecule has 9 heteroatoms. The number of hydrazine groups is 2. The highest BCUT2D eigenvalue weighted by atomic mass is 19.1. The Hall–Kier alpha value is -3.20. The second kappa shape index (κ2) is 7.36. The summed E-state index contributed by atoms with van der Waals surface area (Å²) in [6, 6.07) is 9.94. The minimum Gasteiger partial charge on any atom is -0.497 e. The molecule has 0 unspecified atom stereocenters. The molecule has 26 heavy (non-hydrogen) atoms. The third-order valence-electron chi connectivity index (χ3n) is 3.87. The van der Waals surface area contributed by atoms with Crippen molar-refractivity contribution in [3.63, 3.8) is 0 Å². The zero-order valence-electron chi connectivity index (χ0n) is 14.1. The molecule has 0 spiro atoms. The fourth-order valence-corrected chi connectivity index (χ4v) is 2.56. The van der Waals surface area contributed by atoms with E-state index < -0.39 is 11.7 Å². The molecule has 1 saturated heterocycles. The SMILES string of the molecule is COc1ccc(COc2cc(CN)cc(F)c2N2CC(=O)N[N+]2=O)cc1. The Bertz CT molecular complexity index is 841. The second-order valence-electron chi connectivity index (χ2n) is 5.63. The first-order valence-corrected chi connectivity index (χ1v) is 7.84. The minimum absolute atomic E-state index is 0.106. The number of nitrogens with one attached hydrogen (secondary N) is 1. The number of hydrogen-bond acceptors (Lipinski definition) is 5. The molecule has 3 rings (SSSR count). The summed E-state index contributed by atoms with van der Waals surface area (Å²) in [6.45, 7) is -0.0613. The van der Waals surface area contributed by atoms with Gasteiger partial charge in [0.25, 0.3) is 4.98 Å². The average molecular weight is 361 g/mol. The molecule has 0 bridgehead atoms. The highest BCUT2D eigenvalue weighted by Gasteiger charge is 2.40. The van der Waals surface area contributed by atoms with E-state index in [1.165, 1.54) is 6.07 Å². The van der Waals surface area contributed by atoms with Gasteiger partial charge in [0.1, 0.15) is 12.4 Å². The van der Waals surface area contributed by atoms with Crippen LogP contribution in [-0.4, -0.2) is 24.5 Å². The van der Waals surface area contributed by atoms with Gasteiger partial charge in [-0.2, -0.15) is 0 Å². The molecule has 136 valence electrons. The van der Waals surface area contributed by atoms with Gasteiger partial charge in [0.2, 0.25) is 0 Å². The smallest absolute Gasteiger partial charge is 0.307 e. The van der Waals surface area contributed by atoms with Crippen molar-refractivity contribution in [1.82, 2.24) is 5.43 Å². The molecule has 0 aromatic heterocycles. The van der Waals surface area contributed by atoms with E-state index in [9.17, 15) is 14.1 Å². The number of amides is 1. The number of anilines is 1. The molecule has 1 aliphatic rings. The van der Waals surface area contributed by atoms with Crippen LogP contribution in [0.4, 0.5) is 10.1 Å². The predicted molar refractivity (Wildman–Crippen MR) is 90.7 cm³/mol. The molecule has 1 amide bonds. The second-order valence-corrected chi connectivity index (χ2v) is 5.63. The number of halogens is 1. The topological polar surface area (TPSA) is 96.9 Å². The third kappa shape index (κ3) is 3.57. The van der Waals surface area contributed by atoms with Crippen molar-refractivity contribution < 1.29 is 23.6 Å². The molecule has 1 heterocycles. The van der Waals surface area contributed by atoms with Crippen LogP contribution in [0.1, 0.15) is 11.1 Å². The van der Waals surface area contributed by atoms with Gasteiger partial charge >= 0.3 is 5.91 Å². The standard InChI is InChI=1S/C17H17FN4O4/c1-25-13-4-2-11(3-5-13)10-26-15-7-12(8-19)6-14(18)17(15)21-9-16(23)20-22(21)24/h2-7H,8-10,19H2,1H3/p+1. The number of hydrogen-bond donors (Lipinski definition) is 2. The Morgan fingerprint density at radius 2 is 2.00 bits per heavy atom. The Kier molecular flexibility index (Phi) is 4.99. The van der Waals surface area contributed by atoms with E-state index in [0.29, 0.717) is 11.3 Å². The van der Waals surface area contributed by atoms with Crippen LogP contribution in [-0.2, 0) is 17.9 Å². The van der Waals surface area contributed by atoms with Crippen LogP contribution >= 0.6 is 0 Å². The number of ether oxygens (including phenoxy) is 2. The van der Waals surface area contributed by atoms with E-state index in [4.69, 9.17) is 15.2 Å². The number of carbonyl (C=O) groups is 1. The first-order chi connectivity index (χ1) is 12.5. The van der Waals surface area contributed by atoms with Gasteiger partial charge in [-0.05, 0) is 35.4 Å². The number of nitroso groups, excluding NO2 is 1. The number of benzene rings is 2. The summed E-state index contributed by atoms with van der Waals surface area (Å²) in [5, 5.41) is 0.932. The molecule has 0 saturated carbocycles. The highest BCUT2D eigenvalue weighted by Crippen LogP contribution is 2.34. The van der Waals surface area contributed by atoms with Gasteiger partial charge in [0.05, 0.1) is 12.0 Å². The molecule has 0 aliphatic carbocycles. The van der Waals surface area contributed by atoms with Gasteiger partial charge in [0.15, 0.2) is 23.8 Å². The Labute approximate surface area is 148 Å². The predicted octanol–water partition coefficient (Wildman–Crippen LogP) is 1.42. The molecule has 1 fully saturated rings. The molecule has 0 atom stereocenters. The number of methoxy groups -OCH3 is 1. The van der Waals surface area contributed by atoms with Gasteiger partial charge in [-0.3, -0.25) is 4.79 Å². The van der Waals surface area contributed by atoms with E-state index in [2.05, 4.69) is 0 Å². The lowest BCUT2D eigenvalue weighted by molar-refractivity contribution is -0.591. The Morgan fingerprint density at radius 3 is 2.58 bits per heavy atom. The van der Waals surface area contributed by atoms with Gasteiger partial charge in [-0.1, -0.05) is 22.6 Å². The first-order valence-electron chi connectivity index (χ1n) is 7.84. The third-order valence-corrected chi connectivity index (χ3v) is 3.87. The lowest BCUT2D eigenvalue weighted by atomic mass is 10.1. The summed E-state index contributed by atoms with van der Waals surface area (Å²) in [7, 11) is 1.57. The zero-order valence-corrected chi connectivity index (χ0v) is 14.1. The maximum atomic E-state index is 14.6. The van der Waals surface area contributed by atoms with Crippen LogP contribution < -0.4 is 25.6 Å². The number of nitrogens with two attached hydrogens (primary N) is 1. The number of carbonyl (C=O) groups excluding carboxylic acids is 1. The van der Waals surface area contributed by atoms with Crippen molar-refractivity contribution in [2.75, 3.05) is 18.7 Å². The molecule has 0 radical (unpaired) electrons. The quantitative estimate of drug-likeness (QED) is 0.756. The molecular formula is C17H18FN4O4+. The van der Waals surface area contributed by atoms with Crippen molar-refractivity contribution in [3.8, 4) is 11.5 Å². The van der Waals surface area contributed by atoms with Gasteiger partial charge in [-0.15, -0.1) is 0 Å².